The van der Waals surface area contributed by atoms with Crippen molar-refractivity contribution in [1.29, 1.82) is 0 Å². The van der Waals surface area contributed by atoms with Gasteiger partial charge in [-0.15, -0.1) is 0 Å². The largest absolute Gasteiger partial charge is 0.0842 e. The van der Waals surface area contributed by atoms with Crippen molar-refractivity contribution in [2.75, 3.05) is 18.5 Å². The fourth-order valence-electron chi connectivity index (χ4n) is 2.09. The fraction of sp³-hybridized carbons (Fsp3) is 0.571. The van der Waals surface area contributed by atoms with Gasteiger partial charge < -0.3 is 0 Å². The summed E-state index contributed by atoms with van der Waals surface area (Å²) >= 11 is 0. The average molecular weight is 223 g/mol. The first kappa shape index (κ1) is 12.7. The molecule has 0 nitrogen and oxygen atoms in total. The standard InChI is InChI=1S/C14H24P/c1-5-15(6-2,7-3)12-14-10-8-13(4)9-11-14/h8-11H,5-7,12H2,1-4H3/q+1. The van der Waals surface area contributed by atoms with Gasteiger partial charge in [-0.1, -0.05) is 29.8 Å². The Labute approximate surface area is 95.4 Å². The van der Waals surface area contributed by atoms with Crippen LogP contribution >= 0.6 is 7.26 Å². The second-order valence-electron chi connectivity index (χ2n) is 4.43. The third-order valence-corrected chi connectivity index (χ3v) is 8.71. The molecule has 0 saturated carbocycles. The highest BCUT2D eigenvalue weighted by Crippen LogP contribution is 2.60. The summed E-state index contributed by atoms with van der Waals surface area (Å²) in [5, 5.41) is 0. The summed E-state index contributed by atoms with van der Waals surface area (Å²) in [6.45, 7) is 9.27. The number of hydrogen-bond acceptors (Lipinski definition) is 0. The molecule has 0 amide bonds. The van der Waals surface area contributed by atoms with Crippen molar-refractivity contribution in [3.8, 4) is 0 Å². The van der Waals surface area contributed by atoms with Crippen molar-refractivity contribution >= 4 is 7.26 Å². The minimum absolute atomic E-state index is 0.676. The molecule has 1 aromatic rings. The number of benzene rings is 1. The highest BCUT2D eigenvalue weighted by molar-refractivity contribution is 7.75. The summed E-state index contributed by atoms with van der Waals surface area (Å²) in [6.07, 6.45) is 5.53. The molecule has 0 radical (unpaired) electrons. The van der Waals surface area contributed by atoms with Gasteiger partial charge >= 0.3 is 0 Å². The van der Waals surface area contributed by atoms with E-state index in [1.165, 1.54) is 30.2 Å². The molecule has 15 heavy (non-hydrogen) atoms. The zero-order valence-electron chi connectivity index (χ0n) is 10.6. The predicted octanol–water partition coefficient (Wildman–Crippen LogP) is 4.57. The van der Waals surface area contributed by atoms with Crippen LogP contribution in [0.3, 0.4) is 0 Å². The molecular formula is C14H24P+. The van der Waals surface area contributed by atoms with E-state index in [1.54, 1.807) is 5.56 Å². The maximum Gasteiger partial charge on any atom is 0.0842 e. The third kappa shape index (κ3) is 3.31. The van der Waals surface area contributed by atoms with E-state index in [1.807, 2.05) is 0 Å². The molecule has 0 aliphatic carbocycles. The van der Waals surface area contributed by atoms with Crippen LogP contribution in [0.15, 0.2) is 24.3 Å². The minimum atomic E-state index is -0.676. The van der Waals surface area contributed by atoms with Crippen LogP contribution in [0, 0.1) is 6.92 Å². The molecule has 0 heterocycles. The van der Waals surface area contributed by atoms with Crippen molar-refractivity contribution in [2.24, 2.45) is 0 Å². The van der Waals surface area contributed by atoms with Gasteiger partial charge in [-0.2, -0.15) is 0 Å². The third-order valence-electron chi connectivity index (χ3n) is 3.65. The molecule has 0 aliphatic heterocycles. The second-order valence-corrected chi connectivity index (χ2v) is 9.33. The SMILES string of the molecule is CC[P+](CC)(CC)Cc1ccc(C)cc1. The lowest BCUT2D eigenvalue weighted by Gasteiger charge is -2.23. The number of hydrogen-bond donors (Lipinski definition) is 0. The highest BCUT2D eigenvalue weighted by Gasteiger charge is 2.30. The Hall–Kier alpha value is -0.350. The average Bonchev–Trinajstić information content (AvgIpc) is 2.29. The molecule has 0 aliphatic rings. The van der Waals surface area contributed by atoms with Gasteiger partial charge in [0.25, 0.3) is 0 Å². The number of rotatable bonds is 5. The Morgan fingerprint density at radius 2 is 1.33 bits per heavy atom. The van der Waals surface area contributed by atoms with Crippen LogP contribution in [0.2, 0.25) is 0 Å². The van der Waals surface area contributed by atoms with E-state index in [0.29, 0.717) is 0 Å². The lowest BCUT2D eigenvalue weighted by Crippen LogP contribution is -2.05. The van der Waals surface area contributed by atoms with E-state index in [2.05, 4.69) is 52.0 Å². The van der Waals surface area contributed by atoms with E-state index >= 15 is 0 Å². The maximum absolute atomic E-state index is 2.37. The molecule has 0 fully saturated rings. The zero-order valence-corrected chi connectivity index (χ0v) is 11.5. The van der Waals surface area contributed by atoms with Crippen LogP contribution < -0.4 is 0 Å². The molecule has 0 aromatic heterocycles. The van der Waals surface area contributed by atoms with Crippen molar-refractivity contribution < 1.29 is 0 Å². The van der Waals surface area contributed by atoms with Gasteiger partial charge in [-0.05, 0) is 33.3 Å². The molecule has 1 aromatic carbocycles. The molecule has 0 saturated heterocycles. The van der Waals surface area contributed by atoms with Gasteiger partial charge in [-0.3, -0.25) is 0 Å². The minimum Gasteiger partial charge on any atom is -0.0589 e. The summed E-state index contributed by atoms with van der Waals surface area (Å²) in [5.74, 6) is 0. The Kier molecular flexibility index (Phi) is 4.80. The topological polar surface area (TPSA) is 0 Å². The Balaban J connectivity index is 2.78. The van der Waals surface area contributed by atoms with Crippen LogP contribution in [-0.4, -0.2) is 18.5 Å². The van der Waals surface area contributed by atoms with Crippen LogP contribution in [0.25, 0.3) is 0 Å². The Bertz CT molecular complexity index is 274. The first-order chi connectivity index (χ1) is 7.15. The molecule has 0 atom stereocenters. The highest BCUT2D eigenvalue weighted by atomic mass is 31.2. The summed E-state index contributed by atoms with van der Waals surface area (Å²) in [7, 11) is -0.676. The first-order valence-electron chi connectivity index (χ1n) is 6.06. The first-order valence-corrected chi connectivity index (χ1v) is 8.59. The maximum atomic E-state index is 2.37. The van der Waals surface area contributed by atoms with E-state index in [-0.39, 0.29) is 0 Å². The summed E-state index contributed by atoms with van der Waals surface area (Å²) in [4.78, 5) is 0. The predicted molar refractivity (Wildman–Crippen MR) is 73.4 cm³/mol. The van der Waals surface area contributed by atoms with Gasteiger partial charge in [-0.25, -0.2) is 0 Å². The second kappa shape index (κ2) is 5.66. The van der Waals surface area contributed by atoms with Crippen molar-refractivity contribution in [2.45, 2.75) is 33.9 Å². The van der Waals surface area contributed by atoms with E-state index in [4.69, 9.17) is 0 Å². The lowest BCUT2D eigenvalue weighted by molar-refractivity contribution is 1.22. The van der Waals surface area contributed by atoms with E-state index in [0.717, 1.165) is 0 Å². The summed E-state index contributed by atoms with van der Waals surface area (Å²) in [5.41, 5.74) is 2.91. The van der Waals surface area contributed by atoms with E-state index < -0.39 is 7.26 Å². The van der Waals surface area contributed by atoms with Crippen molar-refractivity contribution in [3.63, 3.8) is 0 Å². The van der Waals surface area contributed by atoms with Gasteiger partial charge in [0.15, 0.2) is 0 Å². The van der Waals surface area contributed by atoms with Gasteiger partial charge in [0.1, 0.15) is 0 Å². The van der Waals surface area contributed by atoms with Gasteiger partial charge in [0, 0.05) is 7.26 Å². The van der Waals surface area contributed by atoms with Gasteiger partial charge in [0.05, 0.1) is 24.6 Å². The fourth-order valence-corrected chi connectivity index (χ4v) is 5.08. The molecule has 0 spiro atoms. The van der Waals surface area contributed by atoms with Crippen molar-refractivity contribution in [1.82, 2.24) is 0 Å². The quantitative estimate of drug-likeness (QED) is 0.641. The molecule has 1 heteroatoms. The number of aryl methyl sites for hydroxylation is 1. The van der Waals surface area contributed by atoms with Crippen LogP contribution in [-0.2, 0) is 6.16 Å². The summed E-state index contributed by atoms with van der Waals surface area (Å²) in [6, 6.07) is 9.10. The van der Waals surface area contributed by atoms with Crippen LogP contribution in [0.4, 0.5) is 0 Å². The normalized spacial score (nSPS) is 11.7. The molecule has 84 valence electrons. The molecule has 0 bridgehead atoms. The zero-order chi connectivity index (χ0) is 11.3. The smallest absolute Gasteiger partial charge is 0.0589 e. The molecule has 0 N–H and O–H groups in total. The molecular weight excluding hydrogens is 199 g/mol. The lowest BCUT2D eigenvalue weighted by atomic mass is 10.2. The Morgan fingerprint density at radius 3 is 1.73 bits per heavy atom. The van der Waals surface area contributed by atoms with Crippen LogP contribution in [0.1, 0.15) is 31.9 Å². The van der Waals surface area contributed by atoms with Crippen molar-refractivity contribution in [3.05, 3.63) is 35.4 Å². The van der Waals surface area contributed by atoms with Crippen LogP contribution in [0.5, 0.6) is 0 Å². The molecule has 0 unspecified atom stereocenters. The van der Waals surface area contributed by atoms with Gasteiger partial charge in [0.2, 0.25) is 0 Å². The molecule has 1 rings (SSSR count). The summed E-state index contributed by atoms with van der Waals surface area (Å²) < 4.78 is 0. The monoisotopic (exact) mass is 223 g/mol. The van der Waals surface area contributed by atoms with E-state index in [9.17, 15) is 0 Å². The Morgan fingerprint density at radius 1 is 0.867 bits per heavy atom.